The molecule has 0 bridgehead atoms. The summed E-state index contributed by atoms with van der Waals surface area (Å²) in [5.41, 5.74) is 0.397. The molecule has 1 N–H and O–H groups in total. The van der Waals surface area contributed by atoms with Crippen LogP contribution in [-0.2, 0) is 14.3 Å². The van der Waals surface area contributed by atoms with E-state index in [9.17, 15) is 9.59 Å². The Balaban J connectivity index is 1.82. The molecule has 0 spiro atoms. The van der Waals surface area contributed by atoms with E-state index in [-0.39, 0.29) is 24.5 Å². The van der Waals surface area contributed by atoms with Crippen LogP contribution < -0.4 is 5.32 Å². The lowest BCUT2D eigenvalue weighted by Crippen LogP contribution is -2.51. The van der Waals surface area contributed by atoms with Crippen LogP contribution in [0.4, 0.5) is 0 Å². The molecule has 2 amide bonds. The Morgan fingerprint density at radius 3 is 2.91 bits per heavy atom. The molecular weight excluding hydrogens is 288 g/mol. The number of aryl methyl sites for hydroxylation is 1. The lowest BCUT2D eigenvalue weighted by molar-refractivity contribution is -0.149. The van der Waals surface area contributed by atoms with Gasteiger partial charge < -0.3 is 19.7 Å². The molecular formula is C14H20N4O4. The van der Waals surface area contributed by atoms with E-state index in [1.807, 2.05) is 0 Å². The van der Waals surface area contributed by atoms with Gasteiger partial charge in [-0.3, -0.25) is 9.59 Å². The second-order valence-electron chi connectivity index (χ2n) is 4.99. The zero-order valence-electron chi connectivity index (χ0n) is 12.7. The Morgan fingerprint density at radius 2 is 2.23 bits per heavy atom. The topological polar surface area (TPSA) is 93.7 Å². The van der Waals surface area contributed by atoms with Gasteiger partial charge in [-0.15, -0.1) is 0 Å². The van der Waals surface area contributed by atoms with Crippen molar-refractivity contribution in [1.82, 2.24) is 20.2 Å². The van der Waals surface area contributed by atoms with Crippen LogP contribution in [0.3, 0.4) is 0 Å². The highest BCUT2D eigenvalue weighted by Gasteiger charge is 2.26. The molecule has 8 heteroatoms. The third-order valence-corrected chi connectivity index (χ3v) is 3.32. The SMILES string of the molecule is COCCN1CC(CNC(=O)c2cnc(C)nc2)OCC1=O. The van der Waals surface area contributed by atoms with Gasteiger partial charge in [0.25, 0.3) is 5.91 Å². The van der Waals surface area contributed by atoms with Gasteiger partial charge in [0.05, 0.1) is 18.3 Å². The number of ether oxygens (including phenoxy) is 2. The van der Waals surface area contributed by atoms with Crippen LogP contribution in [-0.4, -0.2) is 72.7 Å². The molecule has 1 aromatic heterocycles. The van der Waals surface area contributed by atoms with Crippen LogP contribution in [0.2, 0.25) is 0 Å². The Labute approximate surface area is 128 Å². The van der Waals surface area contributed by atoms with Crippen molar-refractivity contribution in [2.24, 2.45) is 0 Å². The Bertz CT molecular complexity index is 520. The number of methoxy groups -OCH3 is 1. The summed E-state index contributed by atoms with van der Waals surface area (Å²) in [4.78, 5) is 33.3. The zero-order valence-corrected chi connectivity index (χ0v) is 12.7. The summed E-state index contributed by atoms with van der Waals surface area (Å²) < 4.78 is 10.4. The van der Waals surface area contributed by atoms with E-state index >= 15 is 0 Å². The van der Waals surface area contributed by atoms with Crippen molar-refractivity contribution in [1.29, 1.82) is 0 Å². The normalized spacial score (nSPS) is 18.4. The zero-order chi connectivity index (χ0) is 15.9. The van der Waals surface area contributed by atoms with Crippen LogP contribution in [0.25, 0.3) is 0 Å². The first-order valence-corrected chi connectivity index (χ1v) is 7.05. The van der Waals surface area contributed by atoms with Gasteiger partial charge in [-0.1, -0.05) is 0 Å². The number of hydrogen-bond donors (Lipinski definition) is 1. The number of carbonyl (C=O) groups excluding carboxylic acids is 2. The van der Waals surface area contributed by atoms with Gasteiger partial charge in [0.2, 0.25) is 5.91 Å². The predicted molar refractivity (Wildman–Crippen MR) is 77.3 cm³/mol. The Morgan fingerprint density at radius 1 is 1.50 bits per heavy atom. The van der Waals surface area contributed by atoms with Crippen molar-refractivity contribution < 1.29 is 19.1 Å². The molecule has 1 aliphatic rings. The van der Waals surface area contributed by atoms with Crippen molar-refractivity contribution >= 4 is 11.8 Å². The van der Waals surface area contributed by atoms with E-state index < -0.39 is 0 Å². The van der Waals surface area contributed by atoms with Crippen LogP contribution in [0.1, 0.15) is 16.2 Å². The standard InChI is InChI=1S/C14H20N4O4/c1-10-15-5-11(6-16-10)14(20)17-7-12-8-18(3-4-21-2)13(19)9-22-12/h5-6,12H,3-4,7-9H2,1-2H3,(H,17,20). The molecule has 2 heterocycles. The third kappa shape index (κ3) is 4.47. The summed E-state index contributed by atoms with van der Waals surface area (Å²) in [5.74, 6) is 0.287. The van der Waals surface area contributed by atoms with E-state index in [1.165, 1.54) is 12.4 Å². The molecule has 1 unspecified atom stereocenters. The fraction of sp³-hybridized carbons (Fsp3) is 0.571. The van der Waals surface area contributed by atoms with Crippen molar-refractivity contribution in [2.75, 3.05) is 40.0 Å². The highest BCUT2D eigenvalue weighted by atomic mass is 16.5. The van der Waals surface area contributed by atoms with Crippen molar-refractivity contribution in [3.8, 4) is 0 Å². The predicted octanol–water partition coefficient (Wildman–Crippen LogP) is -0.611. The number of nitrogens with zero attached hydrogens (tertiary/aromatic N) is 3. The second kappa shape index (κ2) is 7.81. The van der Waals surface area contributed by atoms with Crippen molar-refractivity contribution in [3.05, 3.63) is 23.8 Å². The molecule has 0 saturated carbocycles. The summed E-state index contributed by atoms with van der Waals surface area (Å²) in [6, 6.07) is 0. The molecule has 0 aromatic carbocycles. The first-order valence-electron chi connectivity index (χ1n) is 7.05. The summed E-state index contributed by atoms with van der Waals surface area (Å²) >= 11 is 0. The minimum atomic E-state index is -0.260. The molecule has 120 valence electrons. The molecule has 1 aliphatic heterocycles. The largest absolute Gasteiger partial charge is 0.383 e. The maximum Gasteiger partial charge on any atom is 0.254 e. The quantitative estimate of drug-likeness (QED) is 0.753. The lowest BCUT2D eigenvalue weighted by atomic mass is 10.2. The van der Waals surface area contributed by atoms with Crippen molar-refractivity contribution in [3.63, 3.8) is 0 Å². The number of rotatable bonds is 6. The minimum absolute atomic E-state index is 0.0257. The van der Waals surface area contributed by atoms with E-state index in [1.54, 1.807) is 18.9 Å². The maximum absolute atomic E-state index is 12.0. The lowest BCUT2D eigenvalue weighted by Gasteiger charge is -2.32. The third-order valence-electron chi connectivity index (χ3n) is 3.32. The van der Waals surface area contributed by atoms with Gasteiger partial charge in [0.1, 0.15) is 12.4 Å². The molecule has 1 saturated heterocycles. The Hall–Kier alpha value is -2.06. The second-order valence-corrected chi connectivity index (χ2v) is 4.99. The van der Waals surface area contributed by atoms with Crippen LogP contribution in [0, 0.1) is 6.92 Å². The van der Waals surface area contributed by atoms with Crippen molar-refractivity contribution in [2.45, 2.75) is 13.0 Å². The molecule has 1 aromatic rings. The molecule has 0 radical (unpaired) electrons. The number of hydrogen-bond acceptors (Lipinski definition) is 6. The van der Waals surface area contributed by atoms with Crippen LogP contribution >= 0.6 is 0 Å². The number of nitrogens with one attached hydrogen (secondary N) is 1. The number of amides is 2. The van der Waals surface area contributed by atoms with Crippen LogP contribution in [0.15, 0.2) is 12.4 Å². The van der Waals surface area contributed by atoms with E-state index in [4.69, 9.17) is 9.47 Å². The maximum atomic E-state index is 12.0. The molecule has 2 rings (SSSR count). The monoisotopic (exact) mass is 308 g/mol. The molecule has 8 nitrogen and oxygen atoms in total. The highest BCUT2D eigenvalue weighted by Crippen LogP contribution is 2.06. The summed E-state index contributed by atoms with van der Waals surface area (Å²) in [7, 11) is 1.59. The number of aromatic nitrogens is 2. The molecule has 0 aliphatic carbocycles. The fourth-order valence-corrected chi connectivity index (χ4v) is 2.04. The van der Waals surface area contributed by atoms with E-state index in [0.717, 1.165) is 0 Å². The first-order chi connectivity index (χ1) is 10.6. The average Bonchev–Trinajstić information content (AvgIpc) is 2.53. The Kier molecular flexibility index (Phi) is 5.79. The fourth-order valence-electron chi connectivity index (χ4n) is 2.04. The van der Waals surface area contributed by atoms with E-state index in [2.05, 4.69) is 15.3 Å². The van der Waals surface area contributed by atoms with Gasteiger partial charge in [0, 0.05) is 39.1 Å². The van der Waals surface area contributed by atoms with Gasteiger partial charge in [-0.2, -0.15) is 0 Å². The number of morpholine rings is 1. The first kappa shape index (κ1) is 16.3. The van der Waals surface area contributed by atoms with Gasteiger partial charge in [-0.05, 0) is 6.92 Å². The van der Waals surface area contributed by atoms with Crippen LogP contribution in [0.5, 0.6) is 0 Å². The molecule has 22 heavy (non-hydrogen) atoms. The smallest absolute Gasteiger partial charge is 0.254 e. The molecule has 1 fully saturated rings. The highest BCUT2D eigenvalue weighted by molar-refractivity contribution is 5.93. The summed E-state index contributed by atoms with van der Waals surface area (Å²) in [5, 5.41) is 2.77. The van der Waals surface area contributed by atoms with Gasteiger partial charge >= 0.3 is 0 Å². The van der Waals surface area contributed by atoms with E-state index in [0.29, 0.717) is 37.6 Å². The van der Waals surface area contributed by atoms with Gasteiger partial charge in [-0.25, -0.2) is 9.97 Å². The minimum Gasteiger partial charge on any atom is -0.383 e. The van der Waals surface area contributed by atoms with Gasteiger partial charge in [0.15, 0.2) is 0 Å². The summed E-state index contributed by atoms with van der Waals surface area (Å²) in [6.45, 7) is 3.54. The number of carbonyl (C=O) groups is 2. The summed E-state index contributed by atoms with van der Waals surface area (Å²) in [6.07, 6.45) is 2.73. The molecule has 1 atom stereocenters. The average molecular weight is 308 g/mol.